The fourth-order valence-electron chi connectivity index (χ4n) is 1.30. The minimum atomic E-state index is -4.90. The second kappa shape index (κ2) is 3.53. The van der Waals surface area contributed by atoms with E-state index >= 15 is 0 Å². The molecule has 1 rings (SSSR count). The van der Waals surface area contributed by atoms with E-state index in [9.17, 15) is 18.0 Å². The highest BCUT2D eigenvalue weighted by Crippen LogP contribution is 2.24. The number of hydrogen-bond acceptors (Lipinski definition) is 3. The maximum atomic E-state index is 11.7. The predicted octanol–water partition coefficient (Wildman–Crippen LogP) is 0.972. The number of esters is 1. The Bertz CT molecular complexity index is 204. The maximum Gasteiger partial charge on any atom is 0.490 e. The molecule has 0 saturated heterocycles. The molecule has 3 nitrogen and oxygen atoms in total. The van der Waals surface area contributed by atoms with Crippen molar-refractivity contribution in [2.45, 2.75) is 37.6 Å². The number of carbonyl (C=O) groups is 1. The summed E-state index contributed by atoms with van der Waals surface area (Å²) in [5.74, 6) is -2.12. The zero-order valence-corrected chi connectivity index (χ0v) is 6.80. The van der Waals surface area contributed by atoms with E-state index < -0.39 is 18.2 Å². The number of nitrogens with two attached hydrogens (primary N) is 1. The molecule has 0 bridgehead atoms. The van der Waals surface area contributed by atoms with Crippen LogP contribution in [0.3, 0.4) is 0 Å². The molecule has 76 valence electrons. The van der Waals surface area contributed by atoms with Crippen LogP contribution in [-0.4, -0.2) is 24.3 Å². The van der Waals surface area contributed by atoms with Gasteiger partial charge in [-0.05, 0) is 19.3 Å². The average molecular weight is 197 g/mol. The molecule has 6 heteroatoms. The van der Waals surface area contributed by atoms with Crippen molar-refractivity contribution in [2.24, 2.45) is 5.73 Å². The van der Waals surface area contributed by atoms with Crippen molar-refractivity contribution in [1.82, 2.24) is 0 Å². The van der Waals surface area contributed by atoms with Gasteiger partial charge in [-0.1, -0.05) is 0 Å². The van der Waals surface area contributed by atoms with Crippen LogP contribution in [0, 0.1) is 0 Å². The molecule has 1 saturated carbocycles. The van der Waals surface area contributed by atoms with Gasteiger partial charge in [-0.25, -0.2) is 4.79 Å². The van der Waals surface area contributed by atoms with E-state index in [2.05, 4.69) is 4.74 Å². The molecular weight excluding hydrogens is 187 g/mol. The lowest BCUT2D eigenvalue weighted by molar-refractivity contribution is -0.204. The fourth-order valence-corrected chi connectivity index (χ4v) is 1.30. The molecule has 2 N–H and O–H groups in total. The van der Waals surface area contributed by atoms with Gasteiger partial charge in [0.25, 0.3) is 0 Å². The van der Waals surface area contributed by atoms with Gasteiger partial charge in [0.05, 0.1) is 0 Å². The third-order valence-corrected chi connectivity index (χ3v) is 1.93. The van der Waals surface area contributed by atoms with Gasteiger partial charge in [0.1, 0.15) is 6.10 Å². The highest BCUT2D eigenvalue weighted by atomic mass is 19.4. The maximum absolute atomic E-state index is 11.7. The van der Waals surface area contributed by atoms with Crippen molar-refractivity contribution >= 4 is 5.97 Å². The molecule has 2 atom stereocenters. The Morgan fingerprint density at radius 2 is 2.00 bits per heavy atom. The Morgan fingerprint density at radius 1 is 1.38 bits per heavy atom. The van der Waals surface area contributed by atoms with E-state index in [1.807, 2.05) is 0 Å². The first-order chi connectivity index (χ1) is 5.89. The van der Waals surface area contributed by atoms with Crippen LogP contribution in [0.15, 0.2) is 0 Å². The quantitative estimate of drug-likeness (QED) is 0.637. The van der Waals surface area contributed by atoms with Gasteiger partial charge in [0, 0.05) is 6.04 Å². The van der Waals surface area contributed by atoms with Gasteiger partial charge in [0.15, 0.2) is 0 Å². The van der Waals surface area contributed by atoms with Crippen LogP contribution < -0.4 is 5.73 Å². The normalized spacial score (nSPS) is 28.9. The van der Waals surface area contributed by atoms with Crippen molar-refractivity contribution in [1.29, 1.82) is 0 Å². The van der Waals surface area contributed by atoms with Crippen LogP contribution in [0.2, 0.25) is 0 Å². The Labute approximate surface area is 73.0 Å². The van der Waals surface area contributed by atoms with Crippen LogP contribution in [0.5, 0.6) is 0 Å². The summed E-state index contributed by atoms with van der Waals surface area (Å²) < 4.78 is 39.3. The van der Waals surface area contributed by atoms with E-state index in [1.54, 1.807) is 0 Å². The van der Waals surface area contributed by atoms with Crippen molar-refractivity contribution in [3.8, 4) is 0 Å². The van der Waals surface area contributed by atoms with Crippen LogP contribution in [0.4, 0.5) is 13.2 Å². The summed E-state index contributed by atoms with van der Waals surface area (Å²) in [5, 5.41) is 0. The molecule has 0 unspecified atom stereocenters. The molecule has 1 aliphatic rings. The lowest BCUT2D eigenvalue weighted by atomic mass is 10.3. The molecule has 0 amide bonds. The van der Waals surface area contributed by atoms with E-state index in [0.29, 0.717) is 19.3 Å². The molecule has 0 aliphatic heterocycles. The van der Waals surface area contributed by atoms with Crippen LogP contribution in [0.1, 0.15) is 19.3 Å². The van der Waals surface area contributed by atoms with E-state index in [4.69, 9.17) is 5.73 Å². The summed E-state index contributed by atoms with van der Waals surface area (Å²) in [6, 6.07) is -0.147. The average Bonchev–Trinajstić information content (AvgIpc) is 2.33. The lowest BCUT2D eigenvalue weighted by Gasteiger charge is -2.12. The lowest BCUT2D eigenvalue weighted by Crippen LogP contribution is -2.29. The van der Waals surface area contributed by atoms with Crippen LogP contribution >= 0.6 is 0 Å². The summed E-state index contributed by atoms with van der Waals surface area (Å²) in [6.45, 7) is 0. The zero-order chi connectivity index (χ0) is 10.1. The van der Waals surface area contributed by atoms with E-state index in [0.717, 1.165) is 0 Å². The van der Waals surface area contributed by atoms with Gasteiger partial charge in [0.2, 0.25) is 0 Å². The number of carbonyl (C=O) groups excluding carboxylic acids is 1. The number of alkyl halides is 3. The number of halogens is 3. The zero-order valence-electron chi connectivity index (χ0n) is 6.80. The minimum Gasteiger partial charge on any atom is -0.456 e. The van der Waals surface area contributed by atoms with Crippen molar-refractivity contribution in [3.63, 3.8) is 0 Å². The topological polar surface area (TPSA) is 52.3 Å². The molecule has 1 aliphatic carbocycles. The largest absolute Gasteiger partial charge is 0.490 e. The molecule has 0 aromatic carbocycles. The minimum absolute atomic E-state index is 0.147. The molecule has 0 spiro atoms. The summed E-state index contributed by atoms with van der Waals surface area (Å²) in [7, 11) is 0. The molecular formula is C7H10F3NO2. The smallest absolute Gasteiger partial charge is 0.456 e. The SMILES string of the molecule is N[C@H]1CC[C@@H](OC(=O)C(F)(F)F)C1. The predicted molar refractivity (Wildman–Crippen MR) is 37.8 cm³/mol. The van der Waals surface area contributed by atoms with Gasteiger partial charge >= 0.3 is 12.1 Å². The monoisotopic (exact) mass is 197 g/mol. The summed E-state index contributed by atoms with van der Waals surface area (Å²) >= 11 is 0. The third-order valence-electron chi connectivity index (χ3n) is 1.93. The molecule has 0 heterocycles. The van der Waals surface area contributed by atoms with Crippen molar-refractivity contribution in [3.05, 3.63) is 0 Å². The van der Waals surface area contributed by atoms with E-state index in [1.165, 1.54) is 0 Å². The molecule has 0 radical (unpaired) electrons. The Kier molecular flexibility index (Phi) is 2.80. The Balaban J connectivity index is 2.37. The summed E-state index contributed by atoms with van der Waals surface area (Å²) in [6.07, 6.45) is -4.21. The number of rotatable bonds is 1. The first kappa shape index (κ1) is 10.3. The highest BCUT2D eigenvalue weighted by Gasteiger charge is 2.43. The summed E-state index contributed by atoms with van der Waals surface area (Å²) in [5.41, 5.74) is 5.44. The summed E-state index contributed by atoms with van der Waals surface area (Å²) in [4.78, 5) is 10.3. The Morgan fingerprint density at radius 3 is 2.38 bits per heavy atom. The second-order valence-corrected chi connectivity index (χ2v) is 3.10. The fraction of sp³-hybridized carbons (Fsp3) is 0.857. The number of hydrogen-bond donors (Lipinski definition) is 1. The first-order valence-electron chi connectivity index (χ1n) is 3.93. The van der Waals surface area contributed by atoms with Gasteiger partial charge in [-0.2, -0.15) is 13.2 Å². The van der Waals surface area contributed by atoms with Crippen molar-refractivity contribution in [2.75, 3.05) is 0 Å². The van der Waals surface area contributed by atoms with E-state index in [-0.39, 0.29) is 6.04 Å². The standard InChI is InChI=1S/C7H10F3NO2/c8-7(9,10)6(12)13-5-2-1-4(11)3-5/h4-5H,1-3,11H2/t4-,5+/m0/s1. The molecule has 13 heavy (non-hydrogen) atoms. The molecule has 0 aromatic rings. The van der Waals surface area contributed by atoms with Crippen LogP contribution in [0.25, 0.3) is 0 Å². The second-order valence-electron chi connectivity index (χ2n) is 3.10. The number of ether oxygens (including phenoxy) is 1. The van der Waals surface area contributed by atoms with Crippen molar-refractivity contribution < 1.29 is 22.7 Å². The Hall–Kier alpha value is -0.780. The van der Waals surface area contributed by atoms with Crippen LogP contribution in [-0.2, 0) is 9.53 Å². The van der Waals surface area contributed by atoms with Gasteiger partial charge in [-0.15, -0.1) is 0 Å². The molecule has 1 fully saturated rings. The first-order valence-corrected chi connectivity index (χ1v) is 3.93. The van der Waals surface area contributed by atoms with Gasteiger partial charge < -0.3 is 10.5 Å². The highest BCUT2D eigenvalue weighted by molar-refractivity contribution is 5.75. The third kappa shape index (κ3) is 2.87. The molecule has 0 aromatic heterocycles. The van der Waals surface area contributed by atoms with Gasteiger partial charge in [-0.3, -0.25) is 0 Å².